The second-order valence-corrected chi connectivity index (χ2v) is 7.49. The predicted octanol–water partition coefficient (Wildman–Crippen LogP) is 3.25. The highest BCUT2D eigenvalue weighted by Gasteiger charge is 2.55. The van der Waals surface area contributed by atoms with Gasteiger partial charge in [-0.2, -0.15) is 5.10 Å². The summed E-state index contributed by atoms with van der Waals surface area (Å²) >= 11 is 1.14. The topological polar surface area (TPSA) is 97.1 Å². The van der Waals surface area contributed by atoms with Gasteiger partial charge in [-0.1, -0.05) is 42.1 Å². The van der Waals surface area contributed by atoms with Gasteiger partial charge in [0, 0.05) is 24.1 Å². The minimum absolute atomic E-state index is 0.00578. The molecule has 3 heterocycles. The minimum atomic E-state index is -1.08. The molecule has 1 saturated heterocycles. The van der Waals surface area contributed by atoms with Gasteiger partial charge in [0.25, 0.3) is 16.8 Å². The van der Waals surface area contributed by atoms with Crippen LogP contribution in [0.2, 0.25) is 0 Å². The molecule has 3 aliphatic heterocycles. The van der Waals surface area contributed by atoms with Gasteiger partial charge in [0.05, 0.1) is 22.4 Å². The number of thioether (sulfide) groups is 1. The Balaban J connectivity index is 1.63. The van der Waals surface area contributed by atoms with Crippen molar-refractivity contribution in [3.63, 3.8) is 0 Å². The molecule has 0 aliphatic carbocycles. The van der Waals surface area contributed by atoms with Gasteiger partial charge in [-0.3, -0.25) is 20.2 Å². The Kier molecular flexibility index (Phi) is 3.41. The summed E-state index contributed by atoms with van der Waals surface area (Å²) in [6.45, 7) is 0. The number of benzene rings is 2. The summed E-state index contributed by atoms with van der Waals surface area (Å²) < 4.78 is 6.13. The van der Waals surface area contributed by atoms with Crippen molar-refractivity contribution in [1.29, 1.82) is 0 Å². The number of non-ortho nitro benzene ring substituents is 1. The van der Waals surface area contributed by atoms with Crippen molar-refractivity contribution >= 4 is 28.4 Å². The SMILES string of the molecule is O=C1NC2(CS1)Oc1ccc([N+](=O)[O-])cc1C1CC(c3ccccc3)=NN12. The number of rotatable bonds is 2. The molecule has 2 aromatic rings. The number of nitro groups is 1. The van der Waals surface area contributed by atoms with Crippen LogP contribution in [0.4, 0.5) is 10.5 Å². The lowest BCUT2D eigenvalue weighted by atomic mass is 9.95. The van der Waals surface area contributed by atoms with Crippen LogP contribution in [-0.2, 0) is 0 Å². The molecule has 0 radical (unpaired) electrons. The lowest BCUT2D eigenvalue weighted by Gasteiger charge is -2.44. The average Bonchev–Trinajstić information content (AvgIpc) is 3.28. The molecule has 2 aromatic carbocycles. The highest BCUT2D eigenvalue weighted by molar-refractivity contribution is 8.14. The fraction of sp³-hybridized carbons (Fsp3) is 0.222. The first-order valence-corrected chi connectivity index (χ1v) is 9.39. The fourth-order valence-electron chi connectivity index (χ4n) is 3.70. The summed E-state index contributed by atoms with van der Waals surface area (Å²) in [6.07, 6.45) is 0.573. The molecule has 27 heavy (non-hydrogen) atoms. The molecular formula is C18H14N4O4S. The van der Waals surface area contributed by atoms with Gasteiger partial charge in [0.2, 0.25) is 0 Å². The molecule has 0 bridgehead atoms. The molecule has 1 spiro atoms. The molecule has 0 saturated carbocycles. The Morgan fingerprint density at radius 2 is 2.11 bits per heavy atom. The Morgan fingerprint density at radius 1 is 1.30 bits per heavy atom. The van der Waals surface area contributed by atoms with Crippen molar-refractivity contribution in [2.24, 2.45) is 5.10 Å². The highest BCUT2D eigenvalue weighted by Crippen LogP contribution is 2.49. The van der Waals surface area contributed by atoms with Crippen molar-refractivity contribution in [3.05, 3.63) is 69.8 Å². The molecule has 1 fully saturated rings. The zero-order valence-corrected chi connectivity index (χ0v) is 14.8. The van der Waals surface area contributed by atoms with E-state index in [9.17, 15) is 14.9 Å². The van der Waals surface area contributed by atoms with Crippen molar-refractivity contribution in [3.8, 4) is 5.75 Å². The van der Waals surface area contributed by atoms with Gasteiger partial charge in [-0.15, -0.1) is 0 Å². The maximum absolute atomic E-state index is 11.9. The number of nitrogens with one attached hydrogen (secondary N) is 1. The van der Waals surface area contributed by atoms with E-state index in [1.54, 1.807) is 11.1 Å². The van der Waals surface area contributed by atoms with E-state index in [0.29, 0.717) is 23.5 Å². The number of nitrogens with zero attached hydrogens (tertiary/aromatic N) is 3. The number of hydrazone groups is 1. The number of carbonyl (C=O) groups excluding carboxylic acids is 1. The molecule has 2 unspecified atom stereocenters. The summed E-state index contributed by atoms with van der Waals surface area (Å²) in [5, 5.41) is 20.4. The van der Waals surface area contributed by atoms with E-state index in [2.05, 4.69) is 5.32 Å². The number of carbonyl (C=O) groups is 1. The minimum Gasteiger partial charge on any atom is -0.447 e. The zero-order chi connectivity index (χ0) is 18.6. The first-order valence-electron chi connectivity index (χ1n) is 8.40. The van der Waals surface area contributed by atoms with Crippen LogP contribution < -0.4 is 10.1 Å². The number of amides is 1. The highest BCUT2D eigenvalue weighted by atomic mass is 32.2. The van der Waals surface area contributed by atoms with Gasteiger partial charge in [-0.05, 0) is 11.6 Å². The Labute approximate surface area is 158 Å². The molecule has 1 N–H and O–H groups in total. The summed E-state index contributed by atoms with van der Waals surface area (Å²) in [4.78, 5) is 22.7. The van der Waals surface area contributed by atoms with E-state index in [4.69, 9.17) is 9.84 Å². The van der Waals surface area contributed by atoms with Crippen LogP contribution in [0, 0.1) is 10.1 Å². The summed E-state index contributed by atoms with van der Waals surface area (Å²) in [7, 11) is 0. The largest absolute Gasteiger partial charge is 0.447 e. The maximum Gasteiger partial charge on any atom is 0.289 e. The second-order valence-electron chi connectivity index (χ2n) is 6.54. The quantitative estimate of drug-likeness (QED) is 0.633. The van der Waals surface area contributed by atoms with Gasteiger partial charge >= 0.3 is 0 Å². The number of fused-ring (bicyclic) bond motifs is 4. The number of ether oxygens (including phenoxy) is 1. The smallest absolute Gasteiger partial charge is 0.289 e. The van der Waals surface area contributed by atoms with Crippen LogP contribution in [0.3, 0.4) is 0 Å². The molecule has 136 valence electrons. The van der Waals surface area contributed by atoms with Crippen LogP contribution in [-0.4, -0.2) is 32.5 Å². The van der Waals surface area contributed by atoms with E-state index in [1.807, 2.05) is 30.3 Å². The van der Waals surface area contributed by atoms with Crippen LogP contribution in [0.1, 0.15) is 23.6 Å². The molecule has 5 rings (SSSR count). The Morgan fingerprint density at radius 3 is 2.81 bits per heavy atom. The maximum atomic E-state index is 11.9. The van der Waals surface area contributed by atoms with Crippen molar-refractivity contribution in [2.75, 3.05) is 5.75 Å². The monoisotopic (exact) mass is 382 g/mol. The second kappa shape index (κ2) is 5.71. The van der Waals surface area contributed by atoms with E-state index in [-0.39, 0.29) is 17.0 Å². The zero-order valence-electron chi connectivity index (χ0n) is 14.0. The van der Waals surface area contributed by atoms with Gasteiger partial charge in [0.1, 0.15) is 5.75 Å². The van der Waals surface area contributed by atoms with E-state index in [1.165, 1.54) is 12.1 Å². The van der Waals surface area contributed by atoms with E-state index in [0.717, 1.165) is 23.0 Å². The average molecular weight is 382 g/mol. The molecule has 0 aromatic heterocycles. The fourth-order valence-corrected chi connectivity index (χ4v) is 4.52. The third-order valence-corrected chi connectivity index (χ3v) is 5.83. The number of nitro benzene ring substituents is 1. The van der Waals surface area contributed by atoms with E-state index >= 15 is 0 Å². The standard InChI is InChI=1S/C18H14N4O4S/c23-17-19-18(10-27-17)21-15(9-14(20-21)11-4-2-1-3-5-11)13-8-12(22(24)25)6-7-16(13)26-18/h1-8,15H,9-10H2,(H,19,23). The number of hydrogen-bond donors (Lipinski definition) is 1. The van der Waals surface area contributed by atoms with Crippen molar-refractivity contribution in [2.45, 2.75) is 18.3 Å². The molecule has 2 atom stereocenters. The lowest BCUT2D eigenvalue weighted by molar-refractivity contribution is -0.385. The van der Waals surface area contributed by atoms with E-state index < -0.39 is 10.8 Å². The Bertz CT molecular complexity index is 996. The first kappa shape index (κ1) is 16.1. The summed E-state index contributed by atoms with van der Waals surface area (Å²) in [6, 6.07) is 14.1. The molecule has 9 heteroatoms. The third kappa shape index (κ3) is 2.46. The van der Waals surface area contributed by atoms with Gasteiger partial charge < -0.3 is 4.74 Å². The lowest BCUT2D eigenvalue weighted by Crippen LogP contribution is -2.62. The van der Waals surface area contributed by atoms with Crippen LogP contribution in [0.5, 0.6) is 5.75 Å². The molecule has 1 amide bonds. The van der Waals surface area contributed by atoms with Crippen LogP contribution in [0.15, 0.2) is 53.6 Å². The predicted molar refractivity (Wildman–Crippen MR) is 99.6 cm³/mol. The molecule has 8 nitrogen and oxygen atoms in total. The Hall–Kier alpha value is -3.07. The summed E-state index contributed by atoms with van der Waals surface area (Å²) in [5.74, 6) is -0.162. The normalized spacial score (nSPS) is 25.5. The third-order valence-electron chi connectivity index (χ3n) is 4.93. The van der Waals surface area contributed by atoms with Gasteiger partial charge in [0.15, 0.2) is 0 Å². The summed E-state index contributed by atoms with van der Waals surface area (Å²) in [5.41, 5.74) is 2.54. The van der Waals surface area contributed by atoms with Crippen LogP contribution in [0.25, 0.3) is 0 Å². The van der Waals surface area contributed by atoms with Crippen molar-refractivity contribution < 1.29 is 14.5 Å². The first-order chi connectivity index (χ1) is 13.1. The molecular weight excluding hydrogens is 368 g/mol. The number of hydrogen-bond acceptors (Lipinski definition) is 7. The molecule has 3 aliphatic rings. The van der Waals surface area contributed by atoms with Crippen molar-refractivity contribution in [1.82, 2.24) is 10.3 Å². The van der Waals surface area contributed by atoms with Gasteiger partial charge in [-0.25, -0.2) is 5.01 Å². The van der Waals surface area contributed by atoms with Crippen LogP contribution >= 0.6 is 11.8 Å².